The standard InChI is InChI=1S/C14H19FN2O/c1-16(2)13(11-7-3-4-8-12(11)15)14(18)17-9-5-6-10-17/h3-4,7-8,13H,5-6,9-10H2,1-2H3. The van der Waals surface area contributed by atoms with Gasteiger partial charge in [0.25, 0.3) is 0 Å². The average molecular weight is 250 g/mol. The Morgan fingerprint density at radius 2 is 1.89 bits per heavy atom. The molecule has 1 aromatic carbocycles. The number of rotatable bonds is 3. The van der Waals surface area contributed by atoms with Crippen LogP contribution in [-0.2, 0) is 4.79 Å². The van der Waals surface area contributed by atoms with Gasteiger partial charge in [-0.1, -0.05) is 18.2 Å². The molecule has 0 aliphatic carbocycles. The van der Waals surface area contributed by atoms with E-state index < -0.39 is 6.04 Å². The Morgan fingerprint density at radius 1 is 1.28 bits per heavy atom. The van der Waals surface area contributed by atoms with Crippen molar-refractivity contribution in [1.29, 1.82) is 0 Å². The van der Waals surface area contributed by atoms with Crippen molar-refractivity contribution >= 4 is 5.91 Å². The maximum atomic E-state index is 13.8. The first-order chi connectivity index (χ1) is 8.61. The molecule has 98 valence electrons. The molecule has 1 amide bonds. The summed E-state index contributed by atoms with van der Waals surface area (Å²) < 4.78 is 13.8. The Morgan fingerprint density at radius 3 is 2.44 bits per heavy atom. The van der Waals surface area contributed by atoms with E-state index in [1.165, 1.54) is 6.07 Å². The van der Waals surface area contributed by atoms with Crippen LogP contribution in [0.5, 0.6) is 0 Å². The highest BCUT2D eigenvalue weighted by Crippen LogP contribution is 2.25. The number of hydrogen-bond acceptors (Lipinski definition) is 2. The van der Waals surface area contributed by atoms with Crippen LogP contribution in [0.1, 0.15) is 24.4 Å². The third kappa shape index (κ3) is 2.53. The number of likely N-dealkylation sites (N-methyl/N-ethyl adjacent to an activating group) is 1. The van der Waals surface area contributed by atoms with Gasteiger partial charge in [-0.2, -0.15) is 0 Å². The molecule has 0 N–H and O–H groups in total. The van der Waals surface area contributed by atoms with Gasteiger partial charge in [0.2, 0.25) is 5.91 Å². The molecule has 1 aromatic rings. The second-order valence-electron chi connectivity index (χ2n) is 4.92. The van der Waals surface area contributed by atoms with Crippen molar-refractivity contribution in [3.8, 4) is 0 Å². The minimum Gasteiger partial charge on any atom is -0.341 e. The molecule has 18 heavy (non-hydrogen) atoms. The van der Waals surface area contributed by atoms with Gasteiger partial charge >= 0.3 is 0 Å². The van der Waals surface area contributed by atoms with Gasteiger partial charge in [0.1, 0.15) is 11.9 Å². The number of carbonyl (C=O) groups is 1. The Bertz CT molecular complexity index is 428. The largest absolute Gasteiger partial charge is 0.341 e. The normalized spacial score (nSPS) is 17.2. The molecule has 1 aliphatic heterocycles. The number of likely N-dealkylation sites (tertiary alicyclic amines) is 1. The fourth-order valence-corrected chi connectivity index (χ4v) is 2.44. The van der Waals surface area contributed by atoms with Gasteiger partial charge in [-0.25, -0.2) is 4.39 Å². The van der Waals surface area contributed by atoms with Gasteiger partial charge in [0.05, 0.1) is 0 Å². The summed E-state index contributed by atoms with van der Waals surface area (Å²) in [6.07, 6.45) is 2.09. The van der Waals surface area contributed by atoms with E-state index in [-0.39, 0.29) is 11.7 Å². The number of benzene rings is 1. The van der Waals surface area contributed by atoms with E-state index in [4.69, 9.17) is 0 Å². The SMILES string of the molecule is CN(C)C(C(=O)N1CCCC1)c1ccccc1F. The zero-order valence-electron chi connectivity index (χ0n) is 10.9. The van der Waals surface area contributed by atoms with E-state index in [0.29, 0.717) is 5.56 Å². The van der Waals surface area contributed by atoms with E-state index in [1.54, 1.807) is 23.1 Å². The van der Waals surface area contributed by atoms with Crippen molar-refractivity contribution in [2.24, 2.45) is 0 Å². The van der Waals surface area contributed by atoms with Crippen LogP contribution in [0.25, 0.3) is 0 Å². The molecule has 0 saturated carbocycles. The first-order valence-corrected chi connectivity index (χ1v) is 6.31. The minimum absolute atomic E-state index is 0.00241. The fourth-order valence-electron chi connectivity index (χ4n) is 2.44. The third-order valence-electron chi connectivity index (χ3n) is 3.37. The number of carbonyl (C=O) groups excluding carboxylic acids is 1. The first-order valence-electron chi connectivity index (χ1n) is 6.31. The molecule has 2 rings (SSSR count). The molecular weight excluding hydrogens is 231 g/mol. The average Bonchev–Trinajstić information content (AvgIpc) is 2.85. The molecule has 1 saturated heterocycles. The molecule has 0 spiro atoms. The summed E-state index contributed by atoms with van der Waals surface area (Å²) in [5, 5.41) is 0. The van der Waals surface area contributed by atoms with Crippen LogP contribution in [0.2, 0.25) is 0 Å². The lowest BCUT2D eigenvalue weighted by Gasteiger charge is -2.28. The molecule has 1 unspecified atom stereocenters. The van der Waals surface area contributed by atoms with Gasteiger partial charge in [-0.3, -0.25) is 9.69 Å². The van der Waals surface area contributed by atoms with Crippen molar-refractivity contribution in [3.05, 3.63) is 35.6 Å². The molecule has 1 aliphatic rings. The molecule has 1 atom stereocenters. The summed E-state index contributed by atoms with van der Waals surface area (Å²) in [4.78, 5) is 16.1. The number of amides is 1. The number of halogens is 1. The zero-order chi connectivity index (χ0) is 13.1. The summed E-state index contributed by atoms with van der Waals surface area (Å²) in [6.45, 7) is 1.58. The van der Waals surface area contributed by atoms with Gasteiger partial charge in [0.15, 0.2) is 0 Å². The highest BCUT2D eigenvalue weighted by Gasteiger charge is 2.30. The van der Waals surface area contributed by atoms with Gasteiger partial charge in [-0.05, 0) is 33.0 Å². The van der Waals surface area contributed by atoms with E-state index in [0.717, 1.165) is 25.9 Å². The lowest BCUT2D eigenvalue weighted by molar-refractivity contribution is -0.135. The van der Waals surface area contributed by atoms with Gasteiger partial charge in [0, 0.05) is 18.7 Å². The van der Waals surface area contributed by atoms with Crippen LogP contribution in [0.3, 0.4) is 0 Å². The summed E-state index contributed by atoms with van der Waals surface area (Å²) in [7, 11) is 3.62. The molecule has 0 aromatic heterocycles. The van der Waals surface area contributed by atoms with Gasteiger partial charge < -0.3 is 4.90 Å². The zero-order valence-corrected chi connectivity index (χ0v) is 10.9. The quantitative estimate of drug-likeness (QED) is 0.819. The second kappa shape index (κ2) is 5.48. The minimum atomic E-state index is -0.524. The van der Waals surface area contributed by atoms with E-state index in [1.807, 2.05) is 19.0 Å². The molecule has 1 fully saturated rings. The molecule has 0 bridgehead atoms. The Labute approximate surface area is 107 Å². The topological polar surface area (TPSA) is 23.6 Å². The maximum absolute atomic E-state index is 13.8. The predicted octanol–water partition coefficient (Wildman–Crippen LogP) is 2.05. The van der Waals surface area contributed by atoms with Crippen LogP contribution in [0.15, 0.2) is 24.3 Å². The van der Waals surface area contributed by atoms with Crippen LogP contribution < -0.4 is 0 Å². The molecule has 0 radical (unpaired) electrons. The molecular formula is C14H19FN2O. The smallest absolute Gasteiger partial charge is 0.244 e. The van der Waals surface area contributed by atoms with E-state index >= 15 is 0 Å². The number of nitrogens with zero attached hydrogens (tertiary/aromatic N) is 2. The molecule has 1 heterocycles. The summed E-state index contributed by atoms with van der Waals surface area (Å²) in [5.41, 5.74) is 0.458. The lowest BCUT2D eigenvalue weighted by Crippen LogP contribution is -2.39. The third-order valence-corrected chi connectivity index (χ3v) is 3.37. The Hall–Kier alpha value is -1.42. The fraction of sp³-hybridized carbons (Fsp3) is 0.500. The van der Waals surface area contributed by atoms with Gasteiger partial charge in [-0.15, -0.1) is 0 Å². The van der Waals surface area contributed by atoms with Crippen LogP contribution in [0.4, 0.5) is 4.39 Å². The number of hydrogen-bond donors (Lipinski definition) is 0. The van der Waals surface area contributed by atoms with Crippen LogP contribution in [-0.4, -0.2) is 42.9 Å². The molecule has 4 heteroatoms. The van der Waals surface area contributed by atoms with E-state index in [2.05, 4.69) is 0 Å². The predicted molar refractivity (Wildman–Crippen MR) is 68.6 cm³/mol. The van der Waals surface area contributed by atoms with Crippen molar-refractivity contribution < 1.29 is 9.18 Å². The monoisotopic (exact) mass is 250 g/mol. The maximum Gasteiger partial charge on any atom is 0.244 e. The highest BCUT2D eigenvalue weighted by molar-refractivity contribution is 5.83. The summed E-state index contributed by atoms with van der Waals surface area (Å²) in [6, 6.07) is 5.99. The highest BCUT2D eigenvalue weighted by atomic mass is 19.1. The second-order valence-corrected chi connectivity index (χ2v) is 4.92. The summed E-state index contributed by atoms with van der Waals surface area (Å²) in [5.74, 6) is -0.314. The van der Waals surface area contributed by atoms with Crippen molar-refractivity contribution in [3.63, 3.8) is 0 Å². The summed E-state index contributed by atoms with van der Waals surface area (Å²) >= 11 is 0. The van der Waals surface area contributed by atoms with Crippen molar-refractivity contribution in [2.45, 2.75) is 18.9 Å². The van der Waals surface area contributed by atoms with Crippen molar-refractivity contribution in [2.75, 3.05) is 27.2 Å². The van der Waals surface area contributed by atoms with Crippen LogP contribution >= 0.6 is 0 Å². The Balaban J connectivity index is 2.28. The van der Waals surface area contributed by atoms with E-state index in [9.17, 15) is 9.18 Å². The lowest BCUT2D eigenvalue weighted by atomic mass is 10.0. The molecule has 3 nitrogen and oxygen atoms in total. The first kappa shape index (κ1) is 13.0. The van der Waals surface area contributed by atoms with Crippen molar-refractivity contribution in [1.82, 2.24) is 9.80 Å². The van der Waals surface area contributed by atoms with Crippen LogP contribution in [0, 0.1) is 5.82 Å². The Kier molecular flexibility index (Phi) is 3.97.